The summed E-state index contributed by atoms with van der Waals surface area (Å²) in [6.07, 6.45) is 0.805. The Kier molecular flexibility index (Phi) is 4.73. The van der Waals surface area contributed by atoms with Gasteiger partial charge >= 0.3 is 0 Å². The van der Waals surface area contributed by atoms with Gasteiger partial charge in [0.1, 0.15) is 0 Å². The Labute approximate surface area is 104 Å². The predicted octanol–water partition coefficient (Wildman–Crippen LogP) is 3.11. The SMILES string of the molecule is CCOCP(c1ccccc1)c1ccccc1. The van der Waals surface area contributed by atoms with Crippen molar-refractivity contribution in [1.29, 1.82) is 0 Å². The van der Waals surface area contributed by atoms with Gasteiger partial charge in [-0.3, -0.25) is 0 Å². The summed E-state index contributed by atoms with van der Waals surface area (Å²) in [6.45, 7) is 2.82. The number of hydrogen-bond acceptors (Lipinski definition) is 1. The van der Waals surface area contributed by atoms with Crippen LogP contribution < -0.4 is 10.6 Å². The van der Waals surface area contributed by atoms with Gasteiger partial charge in [0.2, 0.25) is 0 Å². The maximum Gasteiger partial charge on any atom is 0.0742 e. The molecule has 0 amide bonds. The molecule has 0 saturated carbocycles. The Balaban J connectivity index is 2.26. The monoisotopic (exact) mass is 244 g/mol. The molecule has 88 valence electrons. The Hall–Kier alpha value is -1.17. The quantitative estimate of drug-likeness (QED) is 0.734. The van der Waals surface area contributed by atoms with E-state index in [0.717, 1.165) is 13.0 Å². The van der Waals surface area contributed by atoms with Crippen LogP contribution in [0.25, 0.3) is 0 Å². The van der Waals surface area contributed by atoms with Crippen molar-refractivity contribution < 1.29 is 4.74 Å². The van der Waals surface area contributed by atoms with Crippen molar-refractivity contribution in [3.05, 3.63) is 60.7 Å². The van der Waals surface area contributed by atoms with E-state index in [1.54, 1.807) is 0 Å². The first kappa shape index (κ1) is 12.3. The van der Waals surface area contributed by atoms with Crippen LogP contribution in [0.3, 0.4) is 0 Å². The van der Waals surface area contributed by atoms with Gasteiger partial charge in [0.15, 0.2) is 0 Å². The summed E-state index contributed by atoms with van der Waals surface area (Å²) in [5.41, 5.74) is 0. The molecule has 0 heterocycles. The zero-order valence-corrected chi connectivity index (χ0v) is 10.9. The molecule has 0 aliphatic rings. The molecule has 0 spiro atoms. The van der Waals surface area contributed by atoms with Gasteiger partial charge in [0.25, 0.3) is 0 Å². The molecule has 0 N–H and O–H groups in total. The van der Waals surface area contributed by atoms with Crippen LogP contribution >= 0.6 is 7.92 Å². The van der Waals surface area contributed by atoms with Crippen molar-refractivity contribution in [1.82, 2.24) is 0 Å². The second-order valence-electron chi connectivity index (χ2n) is 3.72. The lowest BCUT2D eigenvalue weighted by atomic mass is 10.4. The lowest BCUT2D eigenvalue weighted by Gasteiger charge is -2.18. The zero-order chi connectivity index (χ0) is 11.9. The second-order valence-corrected chi connectivity index (χ2v) is 5.87. The summed E-state index contributed by atoms with van der Waals surface area (Å²) in [7, 11) is -0.379. The second kappa shape index (κ2) is 6.54. The Morgan fingerprint density at radius 1 is 0.824 bits per heavy atom. The fourth-order valence-corrected chi connectivity index (χ4v) is 3.72. The van der Waals surface area contributed by atoms with Gasteiger partial charge in [-0.25, -0.2) is 0 Å². The molecule has 0 atom stereocenters. The maximum absolute atomic E-state index is 5.63. The Morgan fingerprint density at radius 2 is 1.29 bits per heavy atom. The van der Waals surface area contributed by atoms with Crippen LogP contribution in [0, 0.1) is 0 Å². The number of hydrogen-bond donors (Lipinski definition) is 0. The van der Waals surface area contributed by atoms with Gasteiger partial charge in [0.05, 0.1) is 6.35 Å². The third-order valence-corrected chi connectivity index (χ3v) is 4.84. The Bertz CT molecular complexity index is 388. The molecular weight excluding hydrogens is 227 g/mol. The van der Waals surface area contributed by atoms with Crippen molar-refractivity contribution in [3.63, 3.8) is 0 Å². The highest BCUT2D eigenvalue weighted by atomic mass is 31.1. The molecule has 2 rings (SSSR count). The lowest BCUT2D eigenvalue weighted by molar-refractivity contribution is 0.197. The van der Waals surface area contributed by atoms with Gasteiger partial charge in [-0.1, -0.05) is 60.7 Å². The van der Waals surface area contributed by atoms with Crippen LogP contribution in [0.5, 0.6) is 0 Å². The fraction of sp³-hybridized carbons (Fsp3) is 0.200. The summed E-state index contributed by atoms with van der Waals surface area (Å²) in [4.78, 5) is 0. The van der Waals surface area contributed by atoms with Crippen LogP contribution in [0.15, 0.2) is 60.7 Å². The van der Waals surface area contributed by atoms with Crippen LogP contribution in [0.4, 0.5) is 0 Å². The number of benzene rings is 2. The van der Waals surface area contributed by atoms with Crippen molar-refractivity contribution in [2.45, 2.75) is 6.92 Å². The number of rotatable bonds is 5. The van der Waals surface area contributed by atoms with E-state index in [1.165, 1.54) is 10.6 Å². The third kappa shape index (κ3) is 3.39. The average Bonchev–Trinajstić information content (AvgIpc) is 2.42. The van der Waals surface area contributed by atoms with Crippen LogP contribution in [0.2, 0.25) is 0 Å². The average molecular weight is 244 g/mol. The molecule has 0 fully saturated rings. The first-order valence-electron chi connectivity index (χ1n) is 5.87. The molecule has 0 unspecified atom stereocenters. The van der Waals surface area contributed by atoms with Gasteiger partial charge in [-0.2, -0.15) is 0 Å². The summed E-state index contributed by atoms with van der Waals surface area (Å²) in [6, 6.07) is 21.3. The summed E-state index contributed by atoms with van der Waals surface area (Å²) >= 11 is 0. The van der Waals surface area contributed by atoms with Crippen molar-refractivity contribution in [2.75, 3.05) is 13.0 Å². The van der Waals surface area contributed by atoms with E-state index in [2.05, 4.69) is 60.7 Å². The van der Waals surface area contributed by atoms with E-state index in [1.807, 2.05) is 6.92 Å². The van der Waals surface area contributed by atoms with Gasteiger partial charge < -0.3 is 4.74 Å². The molecule has 2 aromatic carbocycles. The highest BCUT2D eigenvalue weighted by Gasteiger charge is 2.12. The molecule has 0 saturated heterocycles. The summed E-state index contributed by atoms with van der Waals surface area (Å²) in [5.74, 6) is 0. The van der Waals surface area contributed by atoms with E-state index in [-0.39, 0.29) is 7.92 Å². The minimum atomic E-state index is -0.379. The Morgan fingerprint density at radius 3 is 1.71 bits per heavy atom. The van der Waals surface area contributed by atoms with Gasteiger partial charge in [-0.15, -0.1) is 0 Å². The largest absolute Gasteiger partial charge is 0.377 e. The van der Waals surface area contributed by atoms with E-state index in [4.69, 9.17) is 4.74 Å². The highest BCUT2D eigenvalue weighted by Crippen LogP contribution is 2.33. The number of ether oxygens (including phenoxy) is 1. The zero-order valence-electron chi connectivity index (χ0n) is 10.0. The third-order valence-electron chi connectivity index (χ3n) is 2.56. The maximum atomic E-state index is 5.63. The van der Waals surface area contributed by atoms with Gasteiger partial charge in [0, 0.05) is 6.61 Å². The molecule has 2 aromatic rings. The topological polar surface area (TPSA) is 9.23 Å². The van der Waals surface area contributed by atoms with E-state index in [9.17, 15) is 0 Å². The minimum absolute atomic E-state index is 0.379. The van der Waals surface area contributed by atoms with Crippen molar-refractivity contribution >= 4 is 18.5 Å². The minimum Gasteiger partial charge on any atom is -0.377 e. The molecule has 0 aromatic heterocycles. The van der Waals surface area contributed by atoms with E-state index >= 15 is 0 Å². The molecule has 17 heavy (non-hydrogen) atoms. The van der Waals surface area contributed by atoms with Crippen LogP contribution in [0.1, 0.15) is 6.92 Å². The smallest absolute Gasteiger partial charge is 0.0742 e. The molecule has 2 heteroatoms. The summed E-state index contributed by atoms with van der Waals surface area (Å²) < 4.78 is 5.63. The van der Waals surface area contributed by atoms with Crippen LogP contribution in [-0.2, 0) is 4.74 Å². The van der Waals surface area contributed by atoms with Crippen molar-refractivity contribution in [3.8, 4) is 0 Å². The molecule has 1 nitrogen and oxygen atoms in total. The lowest BCUT2D eigenvalue weighted by Crippen LogP contribution is -2.15. The fourth-order valence-electron chi connectivity index (χ4n) is 1.70. The first-order valence-corrected chi connectivity index (χ1v) is 7.40. The van der Waals surface area contributed by atoms with E-state index < -0.39 is 0 Å². The van der Waals surface area contributed by atoms with Crippen LogP contribution in [-0.4, -0.2) is 13.0 Å². The normalized spacial score (nSPS) is 10.7. The summed E-state index contributed by atoms with van der Waals surface area (Å²) in [5, 5.41) is 2.75. The molecule has 0 aliphatic heterocycles. The van der Waals surface area contributed by atoms with E-state index in [0.29, 0.717) is 0 Å². The highest BCUT2D eigenvalue weighted by molar-refractivity contribution is 7.72. The van der Waals surface area contributed by atoms with Crippen molar-refractivity contribution in [2.24, 2.45) is 0 Å². The first-order chi connectivity index (χ1) is 8.42. The molecular formula is C15H17OP. The van der Waals surface area contributed by atoms with Gasteiger partial charge in [-0.05, 0) is 25.5 Å². The molecule has 0 bridgehead atoms. The predicted molar refractivity (Wildman–Crippen MR) is 75.6 cm³/mol. The molecule has 0 radical (unpaired) electrons. The molecule has 0 aliphatic carbocycles. The standard InChI is InChI=1S/C15H17OP/c1-2-16-13-17(14-9-5-3-6-10-14)15-11-7-4-8-12-15/h3-12H,2,13H2,1H3.